The maximum Gasteiger partial charge on any atom is 0.490 e. The lowest BCUT2D eigenvalue weighted by Crippen LogP contribution is -2.36. The Balaban J connectivity index is 0.000000360. The van der Waals surface area contributed by atoms with Gasteiger partial charge in [0.05, 0.1) is 6.20 Å². The second-order valence-electron chi connectivity index (χ2n) is 8.21. The molecule has 3 atom stereocenters. The van der Waals surface area contributed by atoms with E-state index in [1.54, 1.807) is 18.6 Å². The first-order valence-corrected chi connectivity index (χ1v) is 10.2. The van der Waals surface area contributed by atoms with Crippen molar-refractivity contribution in [2.75, 3.05) is 20.1 Å². The Morgan fingerprint density at radius 3 is 2.31 bits per heavy atom. The molecule has 1 N–H and O–H groups in total. The number of carbonyl (C=O) groups excluding carboxylic acids is 1. The lowest BCUT2D eigenvalue weighted by atomic mass is 9.93. The fourth-order valence-electron chi connectivity index (χ4n) is 4.41. The molecule has 172 valence electrons. The fraction of sp³-hybridized carbons (Fsp3) is 0.455. The van der Waals surface area contributed by atoms with Crippen LogP contribution < -0.4 is 0 Å². The molecule has 1 aliphatic carbocycles. The van der Waals surface area contributed by atoms with E-state index in [1.807, 2.05) is 4.90 Å². The number of amides is 1. The van der Waals surface area contributed by atoms with E-state index < -0.39 is 12.1 Å². The summed E-state index contributed by atoms with van der Waals surface area (Å²) in [6.07, 6.45) is -0.351. The molecule has 1 aromatic heterocycles. The minimum atomic E-state index is -5.08. The lowest BCUT2D eigenvalue weighted by molar-refractivity contribution is -0.192. The van der Waals surface area contributed by atoms with Crippen LogP contribution >= 0.6 is 0 Å². The van der Waals surface area contributed by atoms with E-state index in [4.69, 9.17) is 9.90 Å². The number of nitrogens with zero attached hydrogens (tertiary/aromatic N) is 4. The summed E-state index contributed by atoms with van der Waals surface area (Å²) in [6.45, 7) is 6.00. The summed E-state index contributed by atoms with van der Waals surface area (Å²) in [5.41, 5.74) is 3.27. The Bertz CT molecular complexity index is 968. The maximum atomic E-state index is 12.8. The zero-order valence-electron chi connectivity index (χ0n) is 18.0. The highest BCUT2D eigenvalue weighted by molar-refractivity contribution is 5.92. The lowest BCUT2D eigenvalue weighted by Gasteiger charge is -2.33. The van der Waals surface area contributed by atoms with Crippen LogP contribution in [0.5, 0.6) is 0 Å². The third-order valence-electron chi connectivity index (χ3n) is 6.05. The van der Waals surface area contributed by atoms with Crippen molar-refractivity contribution in [2.45, 2.75) is 38.0 Å². The number of carboxylic acids is 1. The van der Waals surface area contributed by atoms with Gasteiger partial charge in [0, 0.05) is 49.4 Å². The first-order chi connectivity index (χ1) is 15.0. The van der Waals surface area contributed by atoms with Crippen molar-refractivity contribution in [3.63, 3.8) is 0 Å². The number of hydrogen-bond acceptors (Lipinski definition) is 5. The number of halogens is 3. The molecule has 0 unspecified atom stereocenters. The van der Waals surface area contributed by atoms with E-state index in [-0.39, 0.29) is 5.91 Å². The van der Waals surface area contributed by atoms with Crippen molar-refractivity contribution in [2.24, 2.45) is 5.92 Å². The molecule has 2 aromatic rings. The smallest absolute Gasteiger partial charge is 0.475 e. The average molecular weight is 450 g/mol. The quantitative estimate of drug-likeness (QED) is 0.772. The van der Waals surface area contributed by atoms with Crippen molar-refractivity contribution in [3.05, 3.63) is 59.7 Å². The molecule has 0 radical (unpaired) electrons. The SMILES string of the molecule is CC(C)N(C)[C@H]1c2ccccc2[C@@H]2CN(C(=O)c3cnccn3)C[C@@H]21.O=C(O)C(F)(F)F. The van der Waals surface area contributed by atoms with Crippen LogP contribution in [0.25, 0.3) is 0 Å². The number of fused-ring (bicyclic) bond motifs is 3. The van der Waals surface area contributed by atoms with Gasteiger partial charge in [-0.3, -0.25) is 14.7 Å². The molecule has 1 amide bonds. The van der Waals surface area contributed by atoms with Crippen LogP contribution in [0.15, 0.2) is 42.9 Å². The molecule has 2 heterocycles. The first-order valence-electron chi connectivity index (χ1n) is 10.2. The molecular formula is C22H25F3N4O3. The minimum Gasteiger partial charge on any atom is -0.475 e. The molecule has 32 heavy (non-hydrogen) atoms. The number of aromatic nitrogens is 2. The summed E-state index contributed by atoms with van der Waals surface area (Å²) in [5, 5.41) is 7.12. The Morgan fingerprint density at radius 2 is 1.78 bits per heavy atom. The molecule has 1 fully saturated rings. The molecule has 1 aromatic carbocycles. The third-order valence-corrected chi connectivity index (χ3v) is 6.05. The summed E-state index contributed by atoms with van der Waals surface area (Å²) in [7, 11) is 2.20. The minimum absolute atomic E-state index is 0.00840. The molecule has 0 saturated carbocycles. The zero-order chi connectivity index (χ0) is 23.6. The molecule has 1 saturated heterocycles. The van der Waals surface area contributed by atoms with Gasteiger partial charge in [-0.05, 0) is 32.0 Å². The molecule has 1 aliphatic heterocycles. The van der Waals surface area contributed by atoms with Crippen LogP contribution in [0.3, 0.4) is 0 Å². The van der Waals surface area contributed by atoms with E-state index in [9.17, 15) is 18.0 Å². The largest absolute Gasteiger partial charge is 0.490 e. The van der Waals surface area contributed by atoms with E-state index in [2.05, 4.69) is 60.0 Å². The maximum absolute atomic E-state index is 12.8. The van der Waals surface area contributed by atoms with Gasteiger partial charge < -0.3 is 10.0 Å². The topological polar surface area (TPSA) is 86.6 Å². The van der Waals surface area contributed by atoms with Crippen molar-refractivity contribution in [1.29, 1.82) is 0 Å². The van der Waals surface area contributed by atoms with Gasteiger partial charge in [-0.1, -0.05) is 24.3 Å². The highest BCUT2D eigenvalue weighted by Gasteiger charge is 2.49. The third kappa shape index (κ3) is 4.74. The molecule has 0 bridgehead atoms. The van der Waals surface area contributed by atoms with Gasteiger partial charge >= 0.3 is 12.1 Å². The highest BCUT2D eigenvalue weighted by Crippen LogP contribution is 2.51. The van der Waals surface area contributed by atoms with E-state index in [0.29, 0.717) is 29.6 Å². The number of benzene rings is 1. The number of alkyl halides is 3. The van der Waals surface area contributed by atoms with Crippen LogP contribution in [0.2, 0.25) is 0 Å². The van der Waals surface area contributed by atoms with Crippen molar-refractivity contribution < 1.29 is 27.9 Å². The monoisotopic (exact) mass is 450 g/mol. The second kappa shape index (κ2) is 9.23. The van der Waals surface area contributed by atoms with Crippen LogP contribution in [-0.4, -0.2) is 69.1 Å². The predicted molar refractivity (Wildman–Crippen MR) is 110 cm³/mol. The molecule has 0 spiro atoms. The summed E-state index contributed by atoms with van der Waals surface area (Å²) in [4.78, 5) is 34.3. The van der Waals surface area contributed by atoms with Gasteiger partial charge in [0.25, 0.3) is 5.91 Å². The number of aliphatic carboxylic acids is 1. The first kappa shape index (κ1) is 23.6. The van der Waals surface area contributed by atoms with Gasteiger partial charge in [0.1, 0.15) is 5.69 Å². The van der Waals surface area contributed by atoms with Gasteiger partial charge in [0.2, 0.25) is 0 Å². The standard InChI is InChI=1S/C20H24N4O.C2HF3O2/c1-13(2)23(3)19-15-7-5-4-6-14(15)16-11-24(12-17(16)19)20(25)18-10-21-8-9-22-18;3-2(4,5)1(6)7/h4-10,13,16-17,19H,11-12H2,1-3H3;(H,6,7)/t16-,17-,19-;/m0./s1. The number of hydrogen-bond donors (Lipinski definition) is 1. The summed E-state index contributed by atoms with van der Waals surface area (Å²) < 4.78 is 31.7. The van der Waals surface area contributed by atoms with Gasteiger partial charge in [-0.2, -0.15) is 13.2 Å². The second-order valence-corrected chi connectivity index (χ2v) is 8.21. The summed E-state index contributed by atoms with van der Waals surface area (Å²) in [5.74, 6) is -1.92. The Labute approximate surface area is 183 Å². The molecular weight excluding hydrogens is 425 g/mol. The normalized spacial score (nSPS) is 21.8. The molecule has 2 aliphatic rings. The Hall–Kier alpha value is -3.01. The van der Waals surface area contributed by atoms with Gasteiger partial charge in [-0.25, -0.2) is 9.78 Å². The summed E-state index contributed by atoms with van der Waals surface area (Å²) >= 11 is 0. The van der Waals surface area contributed by atoms with Gasteiger partial charge in [0.15, 0.2) is 0 Å². The molecule has 4 rings (SSSR count). The Morgan fingerprint density at radius 1 is 1.16 bits per heavy atom. The van der Waals surface area contributed by atoms with Crippen LogP contribution in [0.4, 0.5) is 13.2 Å². The average Bonchev–Trinajstić information content (AvgIpc) is 3.30. The van der Waals surface area contributed by atoms with Crippen LogP contribution in [-0.2, 0) is 4.79 Å². The Kier molecular flexibility index (Phi) is 6.82. The number of likely N-dealkylation sites (tertiary alicyclic amines) is 1. The number of carbonyl (C=O) groups is 2. The van der Waals surface area contributed by atoms with E-state index in [0.717, 1.165) is 13.1 Å². The van der Waals surface area contributed by atoms with Crippen LogP contribution in [0, 0.1) is 5.92 Å². The van der Waals surface area contributed by atoms with Crippen molar-refractivity contribution >= 4 is 11.9 Å². The van der Waals surface area contributed by atoms with E-state index >= 15 is 0 Å². The van der Waals surface area contributed by atoms with E-state index in [1.165, 1.54) is 11.1 Å². The number of rotatable bonds is 3. The van der Waals surface area contributed by atoms with Crippen LogP contribution in [0.1, 0.15) is 47.4 Å². The fourth-order valence-corrected chi connectivity index (χ4v) is 4.41. The van der Waals surface area contributed by atoms with Crippen molar-refractivity contribution in [3.8, 4) is 0 Å². The highest BCUT2D eigenvalue weighted by atomic mass is 19.4. The van der Waals surface area contributed by atoms with Gasteiger partial charge in [-0.15, -0.1) is 0 Å². The molecule has 10 heteroatoms. The molecule has 7 nitrogen and oxygen atoms in total. The van der Waals surface area contributed by atoms with Crippen molar-refractivity contribution in [1.82, 2.24) is 19.8 Å². The predicted octanol–water partition coefficient (Wildman–Crippen LogP) is 3.36. The summed E-state index contributed by atoms with van der Waals surface area (Å²) in [6, 6.07) is 9.55. The number of carboxylic acid groups (broad SMARTS) is 1. The zero-order valence-corrected chi connectivity index (χ0v) is 18.0.